The highest BCUT2D eigenvalue weighted by Gasteiger charge is 2.18. The molecular formula is C18H21FN2O3S. The molecule has 0 spiro atoms. The molecule has 0 aliphatic rings. The van der Waals surface area contributed by atoms with Crippen LogP contribution in [0.3, 0.4) is 0 Å². The summed E-state index contributed by atoms with van der Waals surface area (Å²) >= 11 is 0. The van der Waals surface area contributed by atoms with Crippen molar-refractivity contribution in [2.24, 2.45) is 0 Å². The van der Waals surface area contributed by atoms with E-state index in [1.54, 1.807) is 18.2 Å². The number of hydrogen-bond donors (Lipinski definition) is 1. The molecule has 0 saturated carbocycles. The summed E-state index contributed by atoms with van der Waals surface area (Å²) in [5.41, 5.74) is 2.36. The Morgan fingerprint density at radius 1 is 1.12 bits per heavy atom. The summed E-state index contributed by atoms with van der Waals surface area (Å²) in [5.74, 6) is -1.19. The van der Waals surface area contributed by atoms with Crippen molar-refractivity contribution in [2.45, 2.75) is 13.8 Å². The van der Waals surface area contributed by atoms with Crippen molar-refractivity contribution in [2.75, 3.05) is 23.7 Å². The summed E-state index contributed by atoms with van der Waals surface area (Å²) in [6.07, 6.45) is 1.11. The minimum atomic E-state index is -3.51. The number of sulfonamides is 1. The molecular weight excluding hydrogens is 343 g/mol. The van der Waals surface area contributed by atoms with Crippen LogP contribution in [0.4, 0.5) is 10.1 Å². The number of carbonyl (C=O) groups excluding carboxylic acids is 1. The van der Waals surface area contributed by atoms with E-state index in [1.165, 1.54) is 22.5 Å². The maximum absolute atomic E-state index is 13.6. The molecule has 0 heterocycles. The largest absolute Gasteiger partial charge is 0.350 e. The first-order valence-corrected chi connectivity index (χ1v) is 9.62. The maximum Gasteiger partial charge on any atom is 0.254 e. The van der Waals surface area contributed by atoms with Gasteiger partial charge in [0.2, 0.25) is 10.0 Å². The van der Waals surface area contributed by atoms with Crippen molar-refractivity contribution >= 4 is 21.6 Å². The van der Waals surface area contributed by atoms with Crippen molar-refractivity contribution in [1.82, 2.24) is 5.32 Å². The van der Waals surface area contributed by atoms with Crippen molar-refractivity contribution in [3.8, 4) is 0 Å². The molecule has 0 bridgehead atoms. The number of rotatable bonds is 6. The van der Waals surface area contributed by atoms with Crippen LogP contribution in [-0.2, 0) is 10.0 Å². The van der Waals surface area contributed by atoms with E-state index in [2.05, 4.69) is 5.32 Å². The van der Waals surface area contributed by atoms with Gasteiger partial charge in [0.05, 0.1) is 24.1 Å². The molecule has 0 aromatic heterocycles. The Hall–Kier alpha value is -2.41. The number of hydrogen-bond acceptors (Lipinski definition) is 3. The second-order valence-corrected chi connectivity index (χ2v) is 7.82. The second kappa shape index (κ2) is 7.65. The summed E-state index contributed by atoms with van der Waals surface area (Å²) in [6, 6.07) is 11.1. The van der Waals surface area contributed by atoms with E-state index in [-0.39, 0.29) is 18.7 Å². The molecule has 0 aliphatic heterocycles. The van der Waals surface area contributed by atoms with Crippen LogP contribution in [0.2, 0.25) is 0 Å². The van der Waals surface area contributed by atoms with Gasteiger partial charge in [-0.2, -0.15) is 0 Å². The minimum absolute atomic E-state index is 0.0575. The molecule has 0 fully saturated rings. The Morgan fingerprint density at radius 2 is 1.72 bits per heavy atom. The highest BCUT2D eigenvalue weighted by atomic mass is 32.2. The predicted octanol–water partition coefficient (Wildman–Crippen LogP) is 2.64. The highest BCUT2D eigenvalue weighted by molar-refractivity contribution is 7.92. The number of benzene rings is 2. The zero-order valence-electron chi connectivity index (χ0n) is 14.4. The van der Waals surface area contributed by atoms with Crippen LogP contribution < -0.4 is 9.62 Å². The first-order valence-electron chi connectivity index (χ1n) is 7.77. The molecule has 0 atom stereocenters. The van der Waals surface area contributed by atoms with Gasteiger partial charge in [-0.05, 0) is 49.2 Å². The number of anilines is 1. The predicted molar refractivity (Wildman–Crippen MR) is 96.8 cm³/mol. The number of nitrogens with one attached hydrogen (secondary N) is 1. The molecule has 25 heavy (non-hydrogen) atoms. The fourth-order valence-corrected chi connectivity index (χ4v) is 3.50. The Balaban J connectivity index is 2.12. The molecule has 0 unspecified atom stereocenters. The van der Waals surface area contributed by atoms with Crippen molar-refractivity contribution in [3.05, 3.63) is 65.0 Å². The molecule has 5 nitrogen and oxygen atoms in total. The van der Waals surface area contributed by atoms with Gasteiger partial charge in [-0.15, -0.1) is 0 Å². The molecule has 134 valence electrons. The van der Waals surface area contributed by atoms with Gasteiger partial charge in [-0.25, -0.2) is 12.8 Å². The number of aryl methyl sites for hydroxylation is 2. The monoisotopic (exact) mass is 364 g/mol. The molecule has 2 rings (SSSR count). The van der Waals surface area contributed by atoms with Crippen LogP contribution in [0.25, 0.3) is 0 Å². The van der Waals surface area contributed by atoms with Gasteiger partial charge in [-0.3, -0.25) is 9.10 Å². The highest BCUT2D eigenvalue weighted by Crippen LogP contribution is 2.20. The summed E-state index contributed by atoms with van der Waals surface area (Å²) < 4.78 is 39.0. The van der Waals surface area contributed by atoms with E-state index in [1.807, 2.05) is 19.9 Å². The summed E-state index contributed by atoms with van der Waals surface area (Å²) in [7, 11) is -3.51. The molecule has 0 saturated heterocycles. The minimum Gasteiger partial charge on any atom is -0.350 e. The van der Waals surface area contributed by atoms with Crippen LogP contribution in [0.15, 0.2) is 42.5 Å². The average Bonchev–Trinajstić information content (AvgIpc) is 2.49. The average molecular weight is 364 g/mol. The third kappa shape index (κ3) is 5.03. The van der Waals surface area contributed by atoms with Crippen LogP contribution >= 0.6 is 0 Å². The topological polar surface area (TPSA) is 66.5 Å². The van der Waals surface area contributed by atoms with Gasteiger partial charge in [0.1, 0.15) is 5.82 Å². The Bertz CT molecular complexity index is 861. The van der Waals surface area contributed by atoms with Crippen LogP contribution in [0.5, 0.6) is 0 Å². The Kier molecular flexibility index (Phi) is 5.79. The van der Waals surface area contributed by atoms with Crippen LogP contribution in [0, 0.1) is 19.7 Å². The standard InChI is InChI=1S/C18H21FN2O3S/c1-13-10-14(2)12-15(11-13)21(25(3,23)24)9-8-20-18(22)16-6-4-5-7-17(16)19/h4-7,10-12H,8-9H2,1-3H3,(H,20,22). The lowest BCUT2D eigenvalue weighted by atomic mass is 10.1. The van der Waals surface area contributed by atoms with E-state index in [4.69, 9.17) is 0 Å². The molecule has 1 N–H and O–H groups in total. The van der Waals surface area contributed by atoms with Gasteiger partial charge >= 0.3 is 0 Å². The van der Waals surface area contributed by atoms with Gasteiger partial charge in [-0.1, -0.05) is 18.2 Å². The fourth-order valence-electron chi connectivity index (χ4n) is 2.59. The Labute approximate surface area is 147 Å². The van der Waals surface area contributed by atoms with Crippen molar-refractivity contribution in [1.29, 1.82) is 0 Å². The molecule has 2 aromatic rings. The summed E-state index contributed by atoms with van der Waals surface area (Å²) in [6.45, 7) is 3.89. The first-order chi connectivity index (χ1) is 11.7. The van der Waals surface area contributed by atoms with Crippen molar-refractivity contribution < 1.29 is 17.6 Å². The lowest BCUT2D eigenvalue weighted by Crippen LogP contribution is -2.38. The number of amides is 1. The number of nitrogens with zero attached hydrogens (tertiary/aromatic N) is 1. The zero-order valence-corrected chi connectivity index (χ0v) is 15.2. The van der Waals surface area contributed by atoms with E-state index >= 15 is 0 Å². The quantitative estimate of drug-likeness (QED) is 0.857. The van der Waals surface area contributed by atoms with Gasteiger partial charge in [0, 0.05) is 6.54 Å². The van der Waals surface area contributed by atoms with E-state index < -0.39 is 21.7 Å². The van der Waals surface area contributed by atoms with Crippen molar-refractivity contribution in [3.63, 3.8) is 0 Å². The van der Waals surface area contributed by atoms with E-state index in [0.717, 1.165) is 17.4 Å². The van der Waals surface area contributed by atoms with Gasteiger partial charge < -0.3 is 5.32 Å². The lowest BCUT2D eigenvalue weighted by Gasteiger charge is -2.23. The van der Waals surface area contributed by atoms with E-state index in [0.29, 0.717) is 5.69 Å². The lowest BCUT2D eigenvalue weighted by molar-refractivity contribution is 0.0951. The van der Waals surface area contributed by atoms with Crippen LogP contribution in [-0.4, -0.2) is 33.7 Å². The Morgan fingerprint density at radius 3 is 2.28 bits per heavy atom. The number of carbonyl (C=O) groups is 1. The smallest absolute Gasteiger partial charge is 0.254 e. The van der Waals surface area contributed by atoms with E-state index in [9.17, 15) is 17.6 Å². The molecule has 7 heteroatoms. The zero-order chi connectivity index (χ0) is 18.6. The maximum atomic E-state index is 13.6. The van der Waals surface area contributed by atoms with Crippen LogP contribution in [0.1, 0.15) is 21.5 Å². The molecule has 1 amide bonds. The van der Waals surface area contributed by atoms with Gasteiger partial charge in [0.25, 0.3) is 5.91 Å². The van der Waals surface area contributed by atoms with Gasteiger partial charge in [0.15, 0.2) is 0 Å². The SMILES string of the molecule is Cc1cc(C)cc(N(CCNC(=O)c2ccccc2F)S(C)(=O)=O)c1. The summed E-state index contributed by atoms with van der Waals surface area (Å²) in [5, 5.41) is 2.56. The summed E-state index contributed by atoms with van der Waals surface area (Å²) in [4.78, 5) is 12.0. The second-order valence-electron chi connectivity index (χ2n) is 5.92. The molecule has 0 radical (unpaired) electrons. The first kappa shape index (κ1) is 18.9. The number of halogens is 1. The third-order valence-electron chi connectivity index (χ3n) is 3.61. The normalized spacial score (nSPS) is 11.2. The molecule has 2 aromatic carbocycles. The third-order valence-corrected chi connectivity index (χ3v) is 4.81. The fraction of sp³-hybridized carbons (Fsp3) is 0.278. The molecule has 0 aliphatic carbocycles.